The molecule has 9 heteroatoms. The number of nitrogens with one attached hydrogen (secondary N) is 1. The zero-order chi connectivity index (χ0) is 20.9. The number of hydrogen-bond donors (Lipinski definition) is 2. The molecule has 2 aromatic heterocycles. The molecule has 0 aliphatic carbocycles. The molecule has 4 rings (SSSR count). The molecule has 2 heterocycles. The van der Waals surface area contributed by atoms with E-state index in [4.69, 9.17) is 10.2 Å². The molecule has 0 unspecified atom stereocenters. The largest absolute Gasteiger partial charge is 0.461 e. The molecule has 150 valence electrons. The summed E-state index contributed by atoms with van der Waals surface area (Å²) in [5.74, 6) is 0.527. The van der Waals surface area contributed by atoms with Gasteiger partial charge in [0, 0.05) is 16.9 Å². The third kappa shape index (κ3) is 4.26. The van der Waals surface area contributed by atoms with Crippen LogP contribution in [0.3, 0.4) is 0 Å². The van der Waals surface area contributed by atoms with Gasteiger partial charge >= 0.3 is 0 Å². The number of benzene rings is 2. The Morgan fingerprint density at radius 2 is 1.77 bits per heavy atom. The third-order valence-corrected chi connectivity index (χ3v) is 5.10. The van der Waals surface area contributed by atoms with Gasteiger partial charge in [0.05, 0.1) is 12.0 Å². The number of carbonyl (C=O) groups excluding carboxylic acids is 2. The van der Waals surface area contributed by atoms with Crippen LogP contribution in [0.2, 0.25) is 0 Å². The van der Waals surface area contributed by atoms with E-state index in [1.54, 1.807) is 42.7 Å². The molecule has 0 saturated carbocycles. The Balaban J connectivity index is 1.50. The number of carbonyl (C=O) groups is 2. The lowest BCUT2D eigenvalue weighted by Gasteiger charge is -2.09. The minimum Gasteiger partial charge on any atom is -0.461 e. The zero-order valence-corrected chi connectivity index (χ0v) is 16.5. The maximum absolute atomic E-state index is 12.4. The van der Waals surface area contributed by atoms with Crippen LogP contribution in [0.5, 0.6) is 0 Å². The Kier molecular flexibility index (Phi) is 5.62. The number of primary amides is 1. The normalized spacial score (nSPS) is 10.7. The number of thioether (sulfide) groups is 1. The Morgan fingerprint density at radius 1 is 1.00 bits per heavy atom. The first kappa shape index (κ1) is 19.5. The molecule has 8 nitrogen and oxygen atoms in total. The predicted octanol–water partition coefficient (Wildman–Crippen LogP) is 3.36. The molecule has 0 radical (unpaired) electrons. The Labute approximate surface area is 176 Å². The van der Waals surface area contributed by atoms with E-state index in [1.807, 2.05) is 34.9 Å². The fraction of sp³-hybridized carbons (Fsp3) is 0.0476. The molecule has 0 aliphatic rings. The van der Waals surface area contributed by atoms with Crippen LogP contribution in [-0.4, -0.2) is 32.3 Å². The number of amides is 2. The van der Waals surface area contributed by atoms with Crippen molar-refractivity contribution in [3.05, 3.63) is 78.6 Å². The van der Waals surface area contributed by atoms with Gasteiger partial charge in [-0.1, -0.05) is 30.0 Å². The highest BCUT2D eigenvalue weighted by Crippen LogP contribution is 2.28. The number of hydrogen-bond acceptors (Lipinski definition) is 6. The summed E-state index contributed by atoms with van der Waals surface area (Å²) < 4.78 is 7.33. The lowest BCUT2D eigenvalue weighted by atomic mass is 10.2. The van der Waals surface area contributed by atoms with E-state index in [-0.39, 0.29) is 11.7 Å². The zero-order valence-electron chi connectivity index (χ0n) is 15.7. The predicted molar refractivity (Wildman–Crippen MR) is 113 cm³/mol. The topological polar surface area (TPSA) is 116 Å². The first-order chi connectivity index (χ1) is 14.6. The smallest absolute Gasteiger partial charge is 0.248 e. The van der Waals surface area contributed by atoms with E-state index in [0.29, 0.717) is 28.0 Å². The molecule has 2 amide bonds. The molecular weight excluding hydrogens is 402 g/mol. The number of rotatable bonds is 7. The summed E-state index contributed by atoms with van der Waals surface area (Å²) in [6.45, 7) is 0. The van der Waals surface area contributed by atoms with Crippen LogP contribution < -0.4 is 11.1 Å². The van der Waals surface area contributed by atoms with Gasteiger partial charge < -0.3 is 15.5 Å². The number of nitrogens with two attached hydrogens (primary N) is 1. The summed E-state index contributed by atoms with van der Waals surface area (Å²) in [6.07, 6.45) is 1.57. The van der Waals surface area contributed by atoms with Gasteiger partial charge in [-0.15, -0.1) is 10.2 Å². The molecule has 2 aromatic carbocycles. The van der Waals surface area contributed by atoms with Crippen LogP contribution in [0.4, 0.5) is 5.69 Å². The van der Waals surface area contributed by atoms with E-state index < -0.39 is 5.91 Å². The summed E-state index contributed by atoms with van der Waals surface area (Å²) in [7, 11) is 0. The standard InChI is InChI=1S/C21H17N5O3S/c22-19(28)14-8-10-15(11-9-14)23-18(27)13-30-21-25-24-20(17-7-4-12-29-17)26(21)16-5-2-1-3-6-16/h1-12H,13H2,(H2,22,28)(H,23,27). The van der Waals surface area contributed by atoms with Crippen molar-refractivity contribution in [1.82, 2.24) is 14.8 Å². The van der Waals surface area contributed by atoms with Crippen molar-refractivity contribution in [2.45, 2.75) is 5.16 Å². The van der Waals surface area contributed by atoms with Crippen molar-refractivity contribution in [3.63, 3.8) is 0 Å². The third-order valence-electron chi connectivity index (χ3n) is 4.17. The van der Waals surface area contributed by atoms with Crippen molar-refractivity contribution < 1.29 is 14.0 Å². The van der Waals surface area contributed by atoms with E-state index >= 15 is 0 Å². The average molecular weight is 419 g/mol. The molecule has 0 fully saturated rings. The highest BCUT2D eigenvalue weighted by molar-refractivity contribution is 7.99. The van der Waals surface area contributed by atoms with Crippen LogP contribution >= 0.6 is 11.8 Å². The maximum atomic E-state index is 12.4. The van der Waals surface area contributed by atoms with Gasteiger partial charge in [0.1, 0.15) is 0 Å². The van der Waals surface area contributed by atoms with Gasteiger partial charge in [-0.05, 0) is 48.5 Å². The molecule has 0 spiro atoms. The first-order valence-corrected chi connectivity index (χ1v) is 9.97. The molecule has 30 heavy (non-hydrogen) atoms. The van der Waals surface area contributed by atoms with Crippen molar-refractivity contribution in [3.8, 4) is 17.3 Å². The van der Waals surface area contributed by atoms with Crippen LogP contribution in [0.15, 0.2) is 82.6 Å². The highest BCUT2D eigenvalue weighted by Gasteiger charge is 2.18. The minimum absolute atomic E-state index is 0.126. The second-order valence-corrected chi connectivity index (χ2v) is 7.18. The molecule has 0 atom stereocenters. The lowest BCUT2D eigenvalue weighted by Crippen LogP contribution is -2.15. The Hall–Kier alpha value is -3.85. The molecule has 0 aliphatic heterocycles. The molecular formula is C21H17N5O3S. The monoisotopic (exact) mass is 419 g/mol. The minimum atomic E-state index is -0.518. The number of nitrogens with zero attached hydrogens (tertiary/aromatic N) is 3. The van der Waals surface area contributed by atoms with Crippen LogP contribution in [0, 0.1) is 0 Å². The second-order valence-electron chi connectivity index (χ2n) is 6.23. The van der Waals surface area contributed by atoms with Crippen molar-refractivity contribution in [2.24, 2.45) is 5.73 Å². The van der Waals surface area contributed by atoms with Crippen LogP contribution in [0.1, 0.15) is 10.4 Å². The maximum Gasteiger partial charge on any atom is 0.248 e. The first-order valence-electron chi connectivity index (χ1n) is 8.99. The van der Waals surface area contributed by atoms with Gasteiger partial charge in [-0.25, -0.2) is 0 Å². The van der Waals surface area contributed by atoms with Crippen molar-refractivity contribution in [1.29, 1.82) is 0 Å². The molecule has 0 saturated heterocycles. The number of furan rings is 1. The Morgan fingerprint density at radius 3 is 2.43 bits per heavy atom. The molecule has 4 aromatic rings. The van der Waals surface area contributed by atoms with Crippen molar-refractivity contribution >= 4 is 29.3 Å². The average Bonchev–Trinajstić information content (AvgIpc) is 3.43. The van der Waals surface area contributed by atoms with Gasteiger partial charge in [0.2, 0.25) is 17.6 Å². The van der Waals surface area contributed by atoms with Crippen LogP contribution in [-0.2, 0) is 4.79 Å². The second kappa shape index (κ2) is 8.66. The van der Waals surface area contributed by atoms with E-state index in [1.165, 1.54) is 11.8 Å². The number of anilines is 1. The van der Waals surface area contributed by atoms with E-state index in [0.717, 1.165) is 5.69 Å². The highest BCUT2D eigenvalue weighted by atomic mass is 32.2. The number of para-hydroxylation sites is 1. The lowest BCUT2D eigenvalue weighted by molar-refractivity contribution is -0.113. The summed E-state index contributed by atoms with van der Waals surface area (Å²) in [5.41, 5.74) is 7.04. The van der Waals surface area contributed by atoms with Gasteiger partial charge in [0.25, 0.3) is 0 Å². The quantitative estimate of drug-likeness (QED) is 0.444. The summed E-state index contributed by atoms with van der Waals surface area (Å²) >= 11 is 1.26. The van der Waals surface area contributed by atoms with Crippen LogP contribution in [0.25, 0.3) is 17.3 Å². The molecule has 0 bridgehead atoms. The Bertz CT molecular complexity index is 1160. The van der Waals surface area contributed by atoms with E-state index in [9.17, 15) is 9.59 Å². The molecule has 3 N–H and O–H groups in total. The SMILES string of the molecule is NC(=O)c1ccc(NC(=O)CSc2nnc(-c3ccco3)n2-c2ccccc2)cc1. The summed E-state index contributed by atoms with van der Waals surface area (Å²) in [5, 5.41) is 11.8. The van der Waals surface area contributed by atoms with Gasteiger partial charge in [0.15, 0.2) is 10.9 Å². The fourth-order valence-corrected chi connectivity index (χ4v) is 3.54. The fourth-order valence-electron chi connectivity index (χ4n) is 2.78. The van der Waals surface area contributed by atoms with Crippen molar-refractivity contribution in [2.75, 3.05) is 11.1 Å². The van der Waals surface area contributed by atoms with E-state index in [2.05, 4.69) is 15.5 Å². The van der Waals surface area contributed by atoms with Gasteiger partial charge in [-0.3, -0.25) is 14.2 Å². The summed E-state index contributed by atoms with van der Waals surface area (Å²) in [4.78, 5) is 23.5. The summed E-state index contributed by atoms with van der Waals surface area (Å²) in [6, 6.07) is 19.6. The number of aromatic nitrogens is 3. The van der Waals surface area contributed by atoms with Gasteiger partial charge in [-0.2, -0.15) is 0 Å².